The molecule has 29 heavy (non-hydrogen) atoms. The first kappa shape index (κ1) is 19.2. The molecule has 0 radical (unpaired) electrons. The summed E-state index contributed by atoms with van der Waals surface area (Å²) in [7, 11) is -0.635. The Balaban J connectivity index is 1.63. The number of aliphatic imine (C=N–C) groups is 1. The van der Waals surface area contributed by atoms with Crippen molar-refractivity contribution in [3.05, 3.63) is 121 Å². The lowest BCUT2D eigenvalue weighted by molar-refractivity contribution is 0.927. The number of benzene rings is 3. The molecular weight excluding hydrogens is 371 g/mol. The quantitative estimate of drug-likeness (QED) is 0.335. The highest BCUT2D eigenvalue weighted by Gasteiger charge is 2.18. The van der Waals surface area contributed by atoms with Crippen molar-refractivity contribution in [1.29, 1.82) is 0 Å². The molecule has 0 aliphatic rings. The summed E-state index contributed by atoms with van der Waals surface area (Å²) in [5.74, 6) is 0. The van der Waals surface area contributed by atoms with Crippen molar-refractivity contribution in [1.82, 2.24) is 4.98 Å². The lowest BCUT2D eigenvalue weighted by atomic mass is 10.2. The third kappa shape index (κ3) is 5.04. The molecule has 0 unspecified atom stereocenters. The zero-order valence-electron chi connectivity index (χ0n) is 16.2. The summed E-state index contributed by atoms with van der Waals surface area (Å²) in [6, 6.07) is 36.2. The fourth-order valence-electron chi connectivity index (χ4n) is 3.27. The van der Waals surface area contributed by atoms with Crippen LogP contribution < -0.4 is 15.9 Å². The Morgan fingerprint density at radius 3 is 1.97 bits per heavy atom. The molecule has 3 aromatic carbocycles. The van der Waals surface area contributed by atoms with Crippen LogP contribution in [0.4, 0.5) is 0 Å². The Morgan fingerprint density at radius 1 is 0.690 bits per heavy atom. The number of nitrogens with zero attached hydrogens (tertiary/aromatic N) is 2. The van der Waals surface area contributed by atoms with Gasteiger partial charge in [-0.1, -0.05) is 91.0 Å². The molecule has 0 spiro atoms. The zero-order valence-corrected chi connectivity index (χ0v) is 17.1. The van der Waals surface area contributed by atoms with Crippen molar-refractivity contribution in [3.8, 4) is 0 Å². The fraction of sp³-hybridized carbons (Fsp3) is 0.0769. The normalized spacial score (nSPS) is 11.2. The van der Waals surface area contributed by atoms with E-state index >= 15 is 0 Å². The van der Waals surface area contributed by atoms with Gasteiger partial charge in [0.15, 0.2) is 0 Å². The molecule has 0 N–H and O–H groups in total. The molecule has 0 saturated heterocycles. The zero-order chi connectivity index (χ0) is 19.7. The molecule has 142 valence electrons. The van der Waals surface area contributed by atoms with Gasteiger partial charge in [0, 0.05) is 36.6 Å². The lowest BCUT2D eigenvalue weighted by Gasteiger charge is -2.21. The second-order valence-electron chi connectivity index (χ2n) is 6.67. The predicted octanol–water partition coefficient (Wildman–Crippen LogP) is 4.50. The largest absolute Gasteiger partial charge is 0.292 e. The Kier molecular flexibility index (Phi) is 6.57. The van der Waals surface area contributed by atoms with Gasteiger partial charge < -0.3 is 0 Å². The van der Waals surface area contributed by atoms with Crippen molar-refractivity contribution < 1.29 is 0 Å². The summed E-state index contributed by atoms with van der Waals surface area (Å²) >= 11 is 0. The molecule has 1 aromatic heterocycles. The number of rotatable bonds is 7. The minimum absolute atomic E-state index is 0.635. The highest BCUT2D eigenvalue weighted by molar-refractivity contribution is 7.80. The van der Waals surface area contributed by atoms with Crippen LogP contribution >= 0.6 is 7.92 Å². The van der Waals surface area contributed by atoms with E-state index in [0.29, 0.717) is 0 Å². The smallest absolute Gasteiger partial charge is 0.0445 e. The van der Waals surface area contributed by atoms with Crippen LogP contribution in [0.3, 0.4) is 0 Å². The summed E-state index contributed by atoms with van der Waals surface area (Å²) in [5, 5.41) is 4.03. The van der Waals surface area contributed by atoms with Gasteiger partial charge in [0.25, 0.3) is 0 Å². The molecular formula is C26H23N2P. The summed E-state index contributed by atoms with van der Waals surface area (Å²) in [4.78, 5) is 9.09. The van der Waals surface area contributed by atoms with E-state index < -0.39 is 7.92 Å². The van der Waals surface area contributed by atoms with Crippen LogP contribution in [0, 0.1) is 0 Å². The van der Waals surface area contributed by atoms with Crippen LogP contribution in [0.15, 0.2) is 114 Å². The number of hydrogen-bond donors (Lipinski definition) is 0. The molecule has 0 aliphatic carbocycles. The van der Waals surface area contributed by atoms with Gasteiger partial charge in [-0.2, -0.15) is 0 Å². The van der Waals surface area contributed by atoms with Crippen LogP contribution in [0.25, 0.3) is 0 Å². The van der Waals surface area contributed by atoms with Gasteiger partial charge >= 0.3 is 0 Å². The Morgan fingerprint density at radius 2 is 1.31 bits per heavy atom. The van der Waals surface area contributed by atoms with Crippen LogP contribution in [0.1, 0.15) is 11.3 Å². The Hall–Kier alpha value is -3.09. The SMILES string of the molecule is C(=NCCc1ccccn1)c1ccccc1P(c1ccccc1)c1ccccc1. The van der Waals surface area contributed by atoms with Crippen molar-refractivity contribution in [2.75, 3.05) is 6.54 Å². The molecule has 0 atom stereocenters. The maximum atomic E-state index is 4.71. The van der Waals surface area contributed by atoms with E-state index in [1.807, 2.05) is 30.6 Å². The minimum atomic E-state index is -0.635. The van der Waals surface area contributed by atoms with Gasteiger partial charge in [-0.05, 0) is 36.0 Å². The lowest BCUT2D eigenvalue weighted by Crippen LogP contribution is -2.23. The van der Waals surface area contributed by atoms with E-state index in [-0.39, 0.29) is 0 Å². The van der Waals surface area contributed by atoms with E-state index in [1.165, 1.54) is 21.5 Å². The van der Waals surface area contributed by atoms with Gasteiger partial charge in [0.2, 0.25) is 0 Å². The van der Waals surface area contributed by atoms with Crippen LogP contribution in [-0.4, -0.2) is 17.7 Å². The second kappa shape index (κ2) is 9.91. The molecule has 0 saturated carbocycles. The van der Waals surface area contributed by atoms with Gasteiger partial charge in [-0.3, -0.25) is 9.98 Å². The summed E-state index contributed by atoms with van der Waals surface area (Å²) in [6.45, 7) is 0.736. The van der Waals surface area contributed by atoms with Crippen LogP contribution in [-0.2, 0) is 6.42 Å². The molecule has 3 heteroatoms. The van der Waals surface area contributed by atoms with Crippen LogP contribution in [0.2, 0.25) is 0 Å². The third-order valence-corrected chi connectivity index (χ3v) is 7.18. The third-order valence-electron chi connectivity index (χ3n) is 4.66. The molecule has 4 aromatic rings. The number of hydrogen-bond acceptors (Lipinski definition) is 2. The van der Waals surface area contributed by atoms with Crippen molar-refractivity contribution >= 4 is 30.0 Å². The topological polar surface area (TPSA) is 25.2 Å². The maximum absolute atomic E-state index is 4.71. The summed E-state index contributed by atoms with van der Waals surface area (Å²) < 4.78 is 0. The Bertz CT molecular complexity index is 1010. The summed E-state index contributed by atoms with van der Waals surface area (Å²) in [6.07, 6.45) is 4.71. The first-order valence-electron chi connectivity index (χ1n) is 9.81. The first-order chi connectivity index (χ1) is 14.4. The van der Waals surface area contributed by atoms with Gasteiger partial charge in [-0.15, -0.1) is 0 Å². The second-order valence-corrected chi connectivity index (χ2v) is 8.86. The van der Waals surface area contributed by atoms with E-state index in [1.54, 1.807) is 0 Å². The van der Waals surface area contributed by atoms with Crippen LogP contribution in [0.5, 0.6) is 0 Å². The fourth-order valence-corrected chi connectivity index (χ4v) is 5.69. The molecule has 0 aliphatic heterocycles. The average Bonchev–Trinajstić information content (AvgIpc) is 2.80. The number of aromatic nitrogens is 1. The highest BCUT2D eigenvalue weighted by Crippen LogP contribution is 2.33. The van der Waals surface area contributed by atoms with Gasteiger partial charge in [0.05, 0.1) is 0 Å². The van der Waals surface area contributed by atoms with Crippen molar-refractivity contribution in [2.45, 2.75) is 6.42 Å². The monoisotopic (exact) mass is 394 g/mol. The van der Waals surface area contributed by atoms with E-state index in [9.17, 15) is 0 Å². The molecule has 0 fully saturated rings. The standard InChI is InChI=1S/C26H23N2P/c1-3-13-24(14-4-1)29(25-15-5-2-6-16-25)26-17-8-7-11-22(26)21-27-20-18-23-12-9-10-19-28-23/h1-17,19,21H,18,20H2. The molecule has 1 heterocycles. The minimum Gasteiger partial charge on any atom is -0.292 e. The highest BCUT2D eigenvalue weighted by atomic mass is 31.1. The van der Waals surface area contributed by atoms with Gasteiger partial charge in [0.1, 0.15) is 0 Å². The van der Waals surface area contributed by atoms with E-state index in [2.05, 4.69) is 89.9 Å². The van der Waals surface area contributed by atoms with E-state index in [0.717, 1.165) is 18.7 Å². The molecule has 0 amide bonds. The first-order valence-corrected chi connectivity index (χ1v) is 11.1. The Labute approximate surface area is 173 Å². The molecule has 4 rings (SSSR count). The summed E-state index contributed by atoms with van der Waals surface area (Å²) in [5.41, 5.74) is 2.26. The van der Waals surface area contributed by atoms with Gasteiger partial charge in [-0.25, -0.2) is 0 Å². The molecule has 0 bridgehead atoms. The predicted molar refractivity (Wildman–Crippen MR) is 126 cm³/mol. The maximum Gasteiger partial charge on any atom is 0.0445 e. The van der Waals surface area contributed by atoms with Crippen molar-refractivity contribution in [2.24, 2.45) is 4.99 Å². The van der Waals surface area contributed by atoms with E-state index in [4.69, 9.17) is 4.99 Å². The number of pyridine rings is 1. The van der Waals surface area contributed by atoms with Crippen molar-refractivity contribution in [3.63, 3.8) is 0 Å². The average molecular weight is 394 g/mol. The molecule has 2 nitrogen and oxygen atoms in total.